The van der Waals surface area contributed by atoms with E-state index in [0.29, 0.717) is 18.0 Å². The van der Waals surface area contributed by atoms with E-state index in [0.717, 1.165) is 11.6 Å². The predicted molar refractivity (Wildman–Crippen MR) is 119 cm³/mol. The fourth-order valence-corrected chi connectivity index (χ4v) is 3.88. The number of rotatable bonds is 9. The van der Waals surface area contributed by atoms with E-state index >= 15 is 0 Å². The monoisotopic (exact) mass is 491 g/mol. The van der Waals surface area contributed by atoms with Crippen molar-refractivity contribution < 1.29 is 32.0 Å². The largest absolute Gasteiger partial charge is 0.480 e. The smallest absolute Gasteiger partial charge is 0.403 e. The first-order valence-electron chi connectivity index (χ1n) is 11.2. The molecule has 0 amide bonds. The van der Waals surface area contributed by atoms with E-state index < -0.39 is 35.3 Å². The summed E-state index contributed by atoms with van der Waals surface area (Å²) in [5, 5.41) is 16.1. The molecule has 1 aromatic heterocycles. The first-order valence-corrected chi connectivity index (χ1v) is 11.2. The topological polar surface area (TPSA) is 88.3 Å². The molecule has 1 unspecified atom stereocenters. The van der Waals surface area contributed by atoms with Crippen LogP contribution in [0.2, 0.25) is 0 Å². The van der Waals surface area contributed by atoms with Crippen molar-refractivity contribution >= 4 is 5.97 Å². The Kier molecular flexibility index (Phi) is 6.68. The van der Waals surface area contributed by atoms with Crippen LogP contribution in [0.5, 0.6) is 0 Å². The zero-order chi connectivity index (χ0) is 25.4. The van der Waals surface area contributed by atoms with E-state index in [-0.39, 0.29) is 30.7 Å². The lowest BCUT2D eigenvalue weighted by Crippen LogP contribution is -2.38. The predicted octanol–water partition coefficient (Wildman–Crippen LogP) is 5.38. The normalized spacial score (nSPS) is 15.9. The lowest BCUT2D eigenvalue weighted by atomic mass is 10.0. The molecule has 0 spiro atoms. The maximum atomic E-state index is 14.8. The summed E-state index contributed by atoms with van der Waals surface area (Å²) in [6.45, 7) is 4.49. The number of carbonyl (C=O) groups is 1. The Bertz CT molecular complexity index is 1200. The number of benzene rings is 2. The number of aliphatic carboxylic acids is 1. The van der Waals surface area contributed by atoms with Gasteiger partial charge in [-0.05, 0) is 54.0 Å². The minimum absolute atomic E-state index is 0.00525. The number of alkyl halides is 3. The summed E-state index contributed by atoms with van der Waals surface area (Å²) in [4.78, 5) is 15.5. The summed E-state index contributed by atoms with van der Waals surface area (Å²) >= 11 is 0. The second-order valence-corrected chi connectivity index (χ2v) is 9.19. The van der Waals surface area contributed by atoms with Crippen LogP contribution in [0.15, 0.2) is 47.0 Å². The van der Waals surface area contributed by atoms with E-state index in [9.17, 15) is 27.5 Å². The van der Waals surface area contributed by atoms with Gasteiger partial charge in [0.25, 0.3) is 0 Å². The van der Waals surface area contributed by atoms with Gasteiger partial charge in [-0.2, -0.15) is 18.2 Å². The Hall–Kier alpha value is -3.27. The molecule has 35 heavy (non-hydrogen) atoms. The highest BCUT2D eigenvalue weighted by atomic mass is 19.4. The molecule has 186 valence electrons. The van der Waals surface area contributed by atoms with Crippen LogP contribution < -0.4 is 5.32 Å². The zero-order valence-corrected chi connectivity index (χ0v) is 19.2. The minimum atomic E-state index is -4.52. The minimum Gasteiger partial charge on any atom is -0.480 e. The molecule has 6 nitrogen and oxygen atoms in total. The molecule has 1 heterocycles. The Morgan fingerprint density at radius 3 is 2.34 bits per heavy atom. The van der Waals surface area contributed by atoms with Crippen LogP contribution in [-0.4, -0.2) is 33.4 Å². The lowest BCUT2D eigenvalue weighted by molar-refractivity contribution is -0.166. The highest BCUT2D eigenvalue weighted by Gasteiger charge is 2.68. The molecular formula is C25H25F4N3O3. The molecule has 0 aliphatic heterocycles. The summed E-state index contributed by atoms with van der Waals surface area (Å²) in [6.07, 6.45) is -4.81. The molecular weight excluding hydrogens is 466 g/mol. The molecule has 2 N–H and O–H groups in total. The summed E-state index contributed by atoms with van der Waals surface area (Å²) < 4.78 is 59.4. The second-order valence-electron chi connectivity index (χ2n) is 9.19. The number of nitrogens with zero attached hydrogens (tertiary/aromatic N) is 2. The van der Waals surface area contributed by atoms with Gasteiger partial charge in [0.2, 0.25) is 11.7 Å². The van der Waals surface area contributed by atoms with Crippen molar-refractivity contribution in [1.82, 2.24) is 15.5 Å². The van der Waals surface area contributed by atoms with Gasteiger partial charge >= 0.3 is 12.1 Å². The number of hydrogen-bond donors (Lipinski definition) is 2. The van der Waals surface area contributed by atoms with Gasteiger partial charge in [0.05, 0.1) is 5.56 Å². The molecule has 0 saturated heterocycles. The van der Waals surface area contributed by atoms with Gasteiger partial charge in [0.15, 0.2) is 0 Å². The van der Waals surface area contributed by atoms with Crippen molar-refractivity contribution in [1.29, 1.82) is 0 Å². The molecule has 1 saturated carbocycles. The van der Waals surface area contributed by atoms with Gasteiger partial charge in [-0.3, -0.25) is 4.79 Å². The highest BCUT2D eigenvalue weighted by Crippen LogP contribution is 2.58. The number of aromatic nitrogens is 2. The molecule has 3 aromatic rings. The van der Waals surface area contributed by atoms with Gasteiger partial charge in [0, 0.05) is 6.54 Å². The molecule has 1 fully saturated rings. The third-order valence-corrected chi connectivity index (χ3v) is 6.34. The Morgan fingerprint density at radius 2 is 1.80 bits per heavy atom. The molecule has 0 radical (unpaired) electrons. The van der Waals surface area contributed by atoms with Crippen molar-refractivity contribution in [3.8, 4) is 11.4 Å². The molecule has 4 rings (SSSR count). The van der Waals surface area contributed by atoms with E-state index in [2.05, 4.69) is 29.3 Å². The molecule has 10 heteroatoms. The second kappa shape index (κ2) is 9.41. The number of carboxylic acid groups (broad SMARTS) is 1. The first-order chi connectivity index (χ1) is 16.5. The van der Waals surface area contributed by atoms with Crippen molar-refractivity contribution in [2.75, 3.05) is 0 Å². The Morgan fingerprint density at radius 1 is 1.14 bits per heavy atom. The van der Waals surface area contributed by atoms with E-state index in [1.54, 1.807) is 0 Å². The fourth-order valence-electron chi connectivity index (χ4n) is 3.88. The quantitative estimate of drug-likeness (QED) is 0.391. The van der Waals surface area contributed by atoms with Crippen molar-refractivity contribution in [3.05, 3.63) is 70.9 Å². The maximum Gasteiger partial charge on any atom is 0.403 e. The molecule has 1 aliphatic rings. The van der Waals surface area contributed by atoms with Crippen molar-refractivity contribution in [2.45, 2.75) is 63.2 Å². The van der Waals surface area contributed by atoms with Crippen LogP contribution in [0, 0.1) is 5.82 Å². The van der Waals surface area contributed by atoms with Crippen LogP contribution in [0.1, 0.15) is 55.2 Å². The van der Waals surface area contributed by atoms with Crippen LogP contribution in [0.3, 0.4) is 0 Å². The van der Waals surface area contributed by atoms with Gasteiger partial charge in [0.1, 0.15) is 17.3 Å². The zero-order valence-electron chi connectivity index (χ0n) is 19.2. The van der Waals surface area contributed by atoms with Crippen LogP contribution in [0.4, 0.5) is 17.6 Å². The summed E-state index contributed by atoms with van der Waals surface area (Å²) in [6, 6.07) is 10.8. The van der Waals surface area contributed by atoms with Crippen LogP contribution in [-0.2, 0) is 23.2 Å². The standard InChI is InChI=1S/C25H25F4N3O3/c1-14(2)17-6-3-15(4-7-17)13-30-20(22(33)34)12-16-5-8-18(19(26)11-16)21-31-23(35-32-21)24(9-10-24)25(27,28)29/h3-8,11,14,20,30H,9-10,12-13H2,1-2H3,(H,33,34). The van der Waals surface area contributed by atoms with Gasteiger partial charge in [-0.15, -0.1) is 0 Å². The maximum absolute atomic E-state index is 14.8. The first kappa shape index (κ1) is 24.8. The third kappa shape index (κ3) is 5.22. The van der Waals surface area contributed by atoms with Crippen molar-refractivity contribution in [3.63, 3.8) is 0 Å². The summed E-state index contributed by atoms with van der Waals surface area (Å²) in [5.74, 6) is -2.32. The summed E-state index contributed by atoms with van der Waals surface area (Å²) in [7, 11) is 0. The molecule has 2 aromatic carbocycles. The number of hydrogen-bond acceptors (Lipinski definition) is 5. The van der Waals surface area contributed by atoms with E-state index in [4.69, 9.17) is 4.52 Å². The van der Waals surface area contributed by atoms with Crippen LogP contribution >= 0.6 is 0 Å². The molecule has 0 bridgehead atoms. The van der Waals surface area contributed by atoms with Gasteiger partial charge in [-0.1, -0.05) is 49.3 Å². The number of nitrogens with one attached hydrogen (secondary N) is 1. The number of carboxylic acids is 1. The SMILES string of the molecule is CC(C)c1ccc(CNC(Cc2ccc(-c3noc(C4(C(F)(F)F)CC4)n3)c(F)c2)C(=O)O)cc1. The fraction of sp³-hybridized carbons (Fsp3) is 0.400. The van der Waals surface area contributed by atoms with Crippen LogP contribution in [0.25, 0.3) is 11.4 Å². The third-order valence-electron chi connectivity index (χ3n) is 6.34. The average Bonchev–Trinajstić information content (AvgIpc) is 3.48. The van der Waals surface area contributed by atoms with E-state index in [1.165, 1.54) is 17.7 Å². The Labute approximate surface area is 199 Å². The van der Waals surface area contributed by atoms with Gasteiger partial charge in [-0.25, -0.2) is 4.39 Å². The van der Waals surface area contributed by atoms with Crippen molar-refractivity contribution in [2.24, 2.45) is 0 Å². The lowest BCUT2D eigenvalue weighted by Gasteiger charge is -2.15. The van der Waals surface area contributed by atoms with Gasteiger partial charge < -0.3 is 14.9 Å². The molecule has 1 aliphatic carbocycles. The number of halogens is 4. The van der Waals surface area contributed by atoms with E-state index in [1.807, 2.05) is 24.3 Å². The molecule has 1 atom stereocenters. The highest BCUT2D eigenvalue weighted by molar-refractivity contribution is 5.74. The Balaban J connectivity index is 1.44. The summed E-state index contributed by atoms with van der Waals surface area (Å²) in [5.41, 5.74) is 0.233. The average molecular weight is 491 g/mol.